The van der Waals surface area contributed by atoms with Crippen LogP contribution in [0.4, 0.5) is 14.5 Å². The Morgan fingerprint density at radius 1 is 1.32 bits per heavy atom. The summed E-state index contributed by atoms with van der Waals surface area (Å²) in [6, 6.07) is 5.50. The average molecular weight is 347 g/mol. The van der Waals surface area contributed by atoms with Gasteiger partial charge in [-0.25, -0.2) is 13.8 Å². The first-order valence-electron chi connectivity index (χ1n) is 5.22. The lowest BCUT2D eigenvalue weighted by atomic mass is 10.2. The molecule has 0 bridgehead atoms. The number of nitrogens with zero attached hydrogens (tertiary/aromatic N) is 1. The summed E-state index contributed by atoms with van der Waals surface area (Å²) in [7, 11) is -1.71. The molecule has 3 nitrogen and oxygen atoms in total. The Kier molecular flexibility index (Phi) is 4.26. The summed E-state index contributed by atoms with van der Waals surface area (Å²) < 4.78 is 39.5. The summed E-state index contributed by atoms with van der Waals surface area (Å²) in [5.41, 5.74) is 5.61. The molecule has 1 unspecified atom stereocenters. The SMILES string of the molecule is Nc1cccnc1S(=O)Cc1c(F)ccc(Br)c1F. The predicted octanol–water partition coefficient (Wildman–Crippen LogP) is 3.01. The van der Waals surface area contributed by atoms with Gasteiger partial charge in [0.25, 0.3) is 0 Å². The standard InChI is InChI=1S/C12H9BrF2N2OS/c13-8-3-4-9(14)7(11(8)15)6-19(18)12-10(16)2-1-5-17-12/h1-5H,6,16H2. The highest BCUT2D eigenvalue weighted by atomic mass is 79.9. The molecule has 0 saturated carbocycles. The van der Waals surface area contributed by atoms with Gasteiger partial charge in [-0.2, -0.15) is 0 Å². The Labute approximate surface area is 119 Å². The Bertz CT molecular complexity index is 652. The number of hydrogen-bond donors (Lipinski definition) is 1. The number of benzene rings is 1. The van der Waals surface area contributed by atoms with Crippen molar-refractivity contribution in [3.63, 3.8) is 0 Å². The number of rotatable bonds is 3. The molecule has 19 heavy (non-hydrogen) atoms. The number of aromatic nitrogens is 1. The fourth-order valence-electron chi connectivity index (χ4n) is 1.49. The smallest absolute Gasteiger partial charge is 0.150 e. The minimum absolute atomic E-state index is 0.120. The zero-order chi connectivity index (χ0) is 14.0. The van der Waals surface area contributed by atoms with Crippen LogP contribution < -0.4 is 5.73 Å². The molecule has 1 aromatic heterocycles. The molecule has 0 saturated heterocycles. The third-order valence-electron chi connectivity index (χ3n) is 2.43. The lowest BCUT2D eigenvalue weighted by Crippen LogP contribution is -2.06. The Hall–Kier alpha value is -1.34. The van der Waals surface area contributed by atoms with E-state index in [1.807, 2.05) is 0 Å². The van der Waals surface area contributed by atoms with E-state index in [4.69, 9.17) is 5.73 Å². The van der Waals surface area contributed by atoms with E-state index in [0.29, 0.717) is 0 Å². The Morgan fingerprint density at radius 2 is 2.05 bits per heavy atom. The summed E-state index contributed by atoms with van der Waals surface area (Å²) in [5.74, 6) is -1.83. The normalized spacial score (nSPS) is 12.4. The molecule has 0 fully saturated rings. The molecule has 2 aromatic rings. The summed E-state index contributed by atoms with van der Waals surface area (Å²) >= 11 is 2.96. The number of anilines is 1. The van der Waals surface area contributed by atoms with Gasteiger partial charge in [-0.05, 0) is 40.2 Å². The Balaban J connectivity index is 2.35. The van der Waals surface area contributed by atoms with Crippen LogP contribution in [0.5, 0.6) is 0 Å². The zero-order valence-corrected chi connectivity index (χ0v) is 12.0. The zero-order valence-electron chi connectivity index (χ0n) is 9.57. The van der Waals surface area contributed by atoms with Crippen LogP contribution in [-0.2, 0) is 16.6 Å². The van der Waals surface area contributed by atoms with Crippen LogP contribution in [-0.4, -0.2) is 9.19 Å². The minimum Gasteiger partial charge on any atom is -0.396 e. The number of pyridine rings is 1. The van der Waals surface area contributed by atoms with Gasteiger partial charge in [0.15, 0.2) is 0 Å². The molecular weight excluding hydrogens is 338 g/mol. The second-order valence-corrected chi connectivity index (χ2v) is 5.93. The fraction of sp³-hybridized carbons (Fsp3) is 0.0833. The number of hydrogen-bond acceptors (Lipinski definition) is 3. The third kappa shape index (κ3) is 2.98. The van der Waals surface area contributed by atoms with Crippen molar-refractivity contribution in [2.75, 3.05) is 5.73 Å². The van der Waals surface area contributed by atoms with Gasteiger partial charge in [-0.15, -0.1) is 0 Å². The van der Waals surface area contributed by atoms with Crippen molar-refractivity contribution in [1.29, 1.82) is 0 Å². The van der Waals surface area contributed by atoms with E-state index in [1.165, 1.54) is 18.3 Å². The van der Waals surface area contributed by atoms with E-state index >= 15 is 0 Å². The molecule has 0 aliphatic heterocycles. The molecule has 1 heterocycles. The van der Waals surface area contributed by atoms with E-state index in [1.54, 1.807) is 6.07 Å². The first-order valence-corrected chi connectivity index (χ1v) is 7.33. The first-order chi connectivity index (χ1) is 9.00. The molecule has 2 N–H and O–H groups in total. The van der Waals surface area contributed by atoms with E-state index < -0.39 is 22.4 Å². The Morgan fingerprint density at radius 3 is 2.74 bits per heavy atom. The van der Waals surface area contributed by atoms with Crippen LogP contribution in [0.1, 0.15) is 5.56 Å². The predicted molar refractivity (Wildman–Crippen MR) is 72.8 cm³/mol. The highest BCUT2D eigenvalue weighted by molar-refractivity contribution is 9.10. The number of halogens is 3. The third-order valence-corrected chi connectivity index (χ3v) is 4.37. The molecule has 0 amide bonds. The van der Waals surface area contributed by atoms with Crippen LogP contribution in [0.2, 0.25) is 0 Å². The summed E-state index contributed by atoms with van der Waals surface area (Å²) in [6.07, 6.45) is 1.43. The number of nitrogens with two attached hydrogens (primary N) is 1. The van der Waals surface area contributed by atoms with Crippen molar-refractivity contribution in [2.24, 2.45) is 0 Å². The molecule has 2 rings (SSSR count). The summed E-state index contributed by atoms with van der Waals surface area (Å²) in [6.45, 7) is 0. The molecule has 0 spiro atoms. The van der Waals surface area contributed by atoms with Gasteiger partial charge in [0.2, 0.25) is 0 Å². The van der Waals surface area contributed by atoms with Crippen molar-refractivity contribution < 1.29 is 13.0 Å². The summed E-state index contributed by atoms with van der Waals surface area (Å²) in [4.78, 5) is 3.87. The maximum atomic E-state index is 13.8. The minimum atomic E-state index is -1.71. The molecule has 0 radical (unpaired) electrons. The largest absolute Gasteiger partial charge is 0.396 e. The number of nitrogen functional groups attached to an aromatic ring is 1. The quantitative estimate of drug-likeness (QED) is 0.869. The molecule has 0 aliphatic carbocycles. The van der Waals surface area contributed by atoms with Crippen molar-refractivity contribution in [3.8, 4) is 0 Å². The van der Waals surface area contributed by atoms with E-state index in [2.05, 4.69) is 20.9 Å². The van der Waals surface area contributed by atoms with Crippen molar-refractivity contribution in [2.45, 2.75) is 10.8 Å². The molecule has 1 aromatic carbocycles. The van der Waals surface area contributed by atoms with Gasteiger partial charge < -0.3 is 5.73 Å². The van der Waals surface area contributed by atoms with Gasteiger partial charge in [0, 0.05) is 11.8 Å². The monoisotopic (exact) mass is 346 g/mol. The van der Waals surface area contributed by atoms with Crippen molar-refractivity contribution in [1.82, 2.24) is 4.98 Å². The van der Waals surface area contributed by atoms with Gasteiger partial charge in [0.05, 0.1) is 26.7 Å². The molecule has 7 heteroatoms. The van der Waals surface area contributed by atoms with Crippen LogP contribution in [0, 0.1) is 11.6 Å². The van der Waals surface area contributed by atoms with Crippen LogP contribution in [0.25, 0.3) is 0 Å². The highest BCUT2D eigenvalue weighted by Crippen LogP contribution is 2.24. The van der Waals surface area contributed by atoms with Crippen molar-refractivity contribution >= 4 is 32.4 Å². The van der Waals surface area contributed by atoms with Crippen LogP contribution in [0.15, 0.2) is 40.0 Å². The maximum absolute atomic E-state index is 13.8. The van der Waals surface area contributed by atoms with Gasteiger partial charge in [0.1, 0.15) is 16.7 Å². The first kappa shape index (κ1) is 14.1. The van der Waals surface area contributed by atoms with E-state index in [-0.39, 0.29) is 26.5 Å². The van der Waals surface area contributed by atoms with Crippen LogP contribution in [0.3, 0.4) is 0 Å². The average Bonchev–Trinajstić information content (AvgIpc) is 2.39. The van der Waals surface area contributed by atoms with Crippen molar-refractivity contribution in [3.05, 3.63) is 52.1 Å². The molecule has 1 atom stereocenters. The highest BCUT2D eigenvalue weighted by Gasteiger charge is 2.18. The summed E-state index contributed by atoms with van der Waals surface area (Å²) in [5, 5.41) is 0.126. The molecule has 100 valence electrons. The fourth-order valence-corrected chi connectivity index (χ4v) is 3.04. The van der Waals surface area contributed by atoms with Crippen LogP contribution >= 0.6 is 15.9 Å². The lowest BCUT2D eigenvalue weighted by molar-refractivity contribution is 0.560. The lowest BCUT2D eigenvalue weighted by Gasteiger charge is -2.07. The molecular formula is C12H9BrF2N2OS. The van der Waals surface area contributed by atoms with E-state index in [9.17, 15) is 13.0 Å². The maximum Gasteiger partial charge on any atom is 0.150 e. The molecule has 0 aliphatic rings. The van der Waals surface area contributed by atoms with E-state index in [0.717, 1.165) is 6.07 Å². The van der Waals surface area contributed by atoms with Gasteiger partial charge >= 0.3 is 0 Å². The van der Waals surface area contributed by atoms with Gasteiger partial charge in [-0.1, -0.05) is 0 Å². The second-order valence-electron chi connectivity index (χ2n) is 3.71. The van der Waals surface area contributed by atoms with Gasteiger partial charge in [-0.3, -0.25) is 4.21 Å². The topological polar surface area (TPSA) is 56.0 Å². The second kappa shape index (κ2) is 5.75.